The third kappa shape index (κ3) is 9.35. The van der Waals surface area contributed by atoms with E-state index in [1.54, 1.807) is 0 Å². The summed E-state index contributed by atoms with van der Waals surface area (Å²) >= 11 is 0. The van der Waals surface area contributed by atoms with Crippen LogP contribution < -0.4 is 0 Å². The fourth-order valence-electron chi connectivity index (χ4n) is 2.02. The molecule has 2 unspecified atom stereocenters. The number of aliphatic hydroxyl groups excluding tert-OH is 2. The third-order valence-electron chi connectivity index (χ3n) is 3.10. The van der Waals surface area contributed by atoms with E-state index in [1.165, 1.54) is 19.3 Å². The van der Waals surface area contributed by atoms with E-state index in [0.29, 0.717) is 13.2 Å². The average Bonchev–Trinajstić information content (AvgIpc) is 2.42. The van der Waals surface area contributed by atoms with Crippen molar-refractivity contribution in [1.82, 2.24) is 4.90 Å². The Kier molecular flexibility index (Phi) is 12.7. The second-order valence-electron chi connectivity index (χ2n) is 4.69. The summed E-state index contributed by atoms with van der Waals surface area (Å²) in [5.74, 6) is 0. The van der Waals surface area contributed by atoms with Gasteiger partial charge < -0.3 is 19.7 Å². The van der Waals surface area contributed by atoms with Gasteiger partial charge in [0.15, 0.2) is 0 Å². The van der Waals surface area contributed by atoms with E-state index >= 15 is 0 Å². The number of unbranched alkanes of at least 4 members (excludes halogenated alkanes) is 3. The van der Waals surface area contributed by atoms with E-state index in [9.17, 15) is 0 Å². The molecule has 2 N–H and O–H groups in total. The molecule has 0 aromatic heterocycles. The number of rotatable bonds is 13. The van der Waals surface area contributed by atoms with Crippen molar-refractivity contribution in [1.29, 1.82) is 0 Å². The molecule has 0 amide bonds. The van der Waals surface area contributed by atoms with Crippen LogP contribution in [-0.2, 0) is 9.47 Å². The molecule has 0 heterocycles. The molecule has 0 saturated carbocycles. The molecule has 0 aromatic rings. The first-order valence-corrected chi connectivity index (χ1v) is 7.38. The topological polar surface area (TPSA) is 62.2 Å². The minimum absolute atomic E-state index is 0.0277. The van der Waals surface area contributed by atoms with Gasteiger partial charge in [0, 0.05) is 6.54 Å². The lowest BCUT2D eigenvalue weighted by atomic mass is 10.2. The first kappa shape index (κ1) is 18.8. The Balaban J connectivity index is 4.18. The number of aliphatic hydroxyl groups is 2. The highest BCUT2D eigenvalue weighted by Gasteiger charge is 2.20. The normalized spacial score (nSPS) is 14.8. The molecule has 2 atom stereocenters. The molecule has 0 spiro atoms. The van der Waals surface area contributed by atoms with Crippen LogP contribution in [-0.4, -0.2) is 60.5 Å². The van der Waals surface area contributed by atoms with Crippen LogP contribution in [0.5, 0.6) is 0 Å². The SMILES string of the molecule is CCCCCCN(C(C)OCCO)C(C)OCCO. The van der Waals surface area contributed by atoms with Crippen LogP contribution in [0.3, 0.4) is 0 Å². The number of nitrogens with zero attached hydrogens (tertiary/aromatic N) is 1. The van der Waals surface area contributed by atoms with Gasteiger partial charge in [-0.1, -0.05) is 26.2 Å². The molecule has 116 valence electrons. The van der Waals surface area contributed by atoms with Gasteiger partial charge in [0.25, 0.3) is 0 Å². The lowest BCUT2D eigenvalue weighted by Crippen LogP contribution is -2.44. The molecule has 5 heteroatoms. The Bertz CT molecular complexity index is 178. The van der Waals surface area contributed by atoms with Gasteiger partial charge in [0.2, 0.25) is 0 Å². The Labute approximate surface area is 117 Å². The predicted octanol–water partition coefficient (Wildman–Crippen LogP) is 1.58. The molecular formula is C14H31NO4. The minimum atomic E-state index is -0.0949. The molecule has 19 heavy (non-hydrogen) atoms. The molecule has 0 fully saturated rings. The monoisotopic (exact) mass is 277 g/mol. The summed E-state index contributed by atoms with van der Waals surface area (Å²) in [6.07, 6.45) is 4.57. The molecular weight excluding hydrogens is 246 g/mol. The van der Waals surface area contributed by atoms with Crippen molar-refractivity contribution >= 4 is 0 Å². The maximum atomic E-state index is 8.82. The highest BCUT2D eigenvalue weighted by Crippen LogP contribution is 2.11. The number of hydrogen-bond donors (Lipinski definition) is 2. The van der Waals surface area contributed by atoms with Crippen LogP contribution >= 0.6 is 0 Å². The fraction of sp³-hybridized carbons (Fsp3) is 1.00. The molecule has 0 aliphatic heterocycles. The third-order valence-corrected chi connectivity index (χ3v) is 3.10. The first-order chi connectivity index (χ1) is 9.17. The van der Waals surface area contributed by atoms with Crippen molar-refractivity contribution in [3.63, 3.8) is 0 Å². The number of hydrogen-bond acceptors (Lipinski definition) is 5. The molecule has 0 saturated heterocycles. The Morgan fingerprint density at radius 1 is 0.895 bits per heavy atom. The van der Waals surface area contributed by atoms with Crippen LogP contribution in [0.4, 0.5) is 0 Å². The van der Waals surface area contributed by atoms with E-state index in [2.05, 4.69) is 11.8 Å². The fourth-order valence-corrected chi connectivity index (χ4v) is 2.02. The van der Waals surface area contributed by atoms with Gasteiger partial charge >= 0.3 is 0 Å². The lowest BCUT2D eigenvalue weighted by Gasteiger charge is -2.34. The van der Waals surface area contributed by atoms with Crippen molar-refractivity contribution in [3.8, 4) is 0 Å². The minimum Gasteiger partial charge on any atom is -0.394 e. The average molecular weight is 277 g/mol. The maximum absolute atomic E-state index is 8.82. The van der Waals surface area contributed by atoms with Gasteiger partial charge in [-0.25, -0.2) is 0 Å². The van der Waals surface area contributed by atoms with E-state index in [1.807, 2.05) is 13.8 Å². The molecule has 0 bridgehead atoms. The predicted molar refractivity (Wildman–Crippen MR) is 75.8 cm³/mol. The molecule has 0 aromatic carbocycles. The van der Waals surface area contributed by atoms with Crippen LogP contribution in [0.1, 0.15) is 46.5 Å². The van der Waals surface area contributed by atoms with Gasteiger partial charge in [-0.2, -0.15) is 0 Å². The quantitative estimate of drug-likeness (QED) is 0.395. The second kappa shape index (κ2) is 12.8. The van der Waals surface area contributed by atoms with E-state index in [-0.39, 0.29) is 25.7 Å². The first-order valence-electron chi connectivity index (χ1n) is 7.38. The van der Waals surface area contributed by atoms with E-state index in [0.717, 1.165) is 13.0 Å². The molecule has 0 aliphatic carbocycles. The van der Waals surface area contributed by atoms with Crippen molar-refractivity contribution in [2.24, 2.45) is 0 Å². The van der Waals surface area contributed by atoms with Gasteiger partial charge in [-0.3, -0.25) is 4.90 Å². The van der Waals surface area contributed by atoms with E-state index < -0.39 is 0 Å². The smallest absolute Gasteiger partial charge is 0.109 e. The summed E-state index contributed by atoms with van der Waals surface area (Å²) in [7, 11) is 0. The molecule has 0 aliphatic rings. The molecule has 0 radical (unpaired) electrons. The van der Waals surface area contributed by atoms with Crippen LogP contribution in [0.2, 0.25) is 0 Å². The van der Waals surface area contributed by atoms with Crippen LogP contribution in [0.25, 0.3) is 0 Å². The van der Waals surface area contributed by atoms with Crippen molar-refractivity contribution in [3.05, 3.63) is 0 Å². The van der Waals surface area contributed by atoms with Gasteiger partial charge in [-0.05, 0) is 20.3 Å². The molecule has 5 nitrogen and oxygen atoms in total. The zero-order valence-corrected chi connectivity index (χ0v) is 12.7. The summed E-state index contributed by atoms with van der Waals surface area (Å²) in [6.45, 7) is 7.75. The van der Waals surface area contributed by atoms with Crippen molar-refractivity contribution in [2.45, 2.75) is 58.9 Å². The Hall–Kier alpha value is -0.200. The largest absolute Gasteiger partial charge is 0.394 e. The summed E-state index contributed by atoms with van der Waals surface area (Å²) in [4.78, 5) is 2.13. The Morgan fingerprint density at radius 3 is 1.84 bits per heavy atom. The molecule has 0 rings (SSSR count). The standard InChI is InChI=1S/C14H31NO4/c1-4-5-6-7-8-15(13(2)18-11-9-16)14(3)19-12-10-17/h13-14,16-17H,4-12H2,1-3H3. The summed E-state index contributed by atoms with van der Waals surface area (Å²) in [5.41, 5.74) is 0. The summed E-state index contributed by atoms with van der Waals surface area (Å²) in [6, 6.07) is 0. The van der Waals surface area contributed by atoms with Crippen molar-refractivity contribution in [2.75, 3.05) is 33.0 Å². The van der Waals surface area contributed by atoms with Crippen LogP contribution in [0, 0.1) is 0 Å². The van der Waals surface area contributed by atoms with E-state index in [4.69, 9.17) is 19.7 Å². The van der Waals surface area contributed by atoms with Crippen LogP contribution in [0.15, 0.2) is 0 Å². The summed E-state index contributed by atoms with van der Waals surface area (Å²) < 4.78 is 11.1. The zero-order valence-electron chi connectivity index (χ0n) is 12.7. The zero-order chi connectivity index (χ0) is 14.5. The van der Waals surface area contributed by atoms with Gasteiger partial charge in [0.1, 0.15) is 12.5 Å². The summed E-state index contributed by atoms with van der Waals surface area (Å²) in [5, 5.41) is 17.6. The number of ether oxygens (including phenoxy) is 2. The second-order valence-corrected chi connectivity index (χ2v) is 4.69. The lowest BCUT2D eigenvalue weighted by molar-refractivity contribution is -0.147. The van der Waals surface area contributed by atoms with Gasteiger partial charge in [0.05, 0.1) is 26.4 Å². The van der Waals surface area contributed by atoms with Crippen molar-refractivity contribution < 1.29 is 19.7 Å². The highest BCUT2D eigenvalue weighted by molar-refractivity contribution is 4.63. The Morgan fingerprint density at radius 2 is 1.42 bits per heavy atom. The van der Waals surface area contributed by atoms with Gasteiger partial charge in [-0.15, -0.1) is 0 Å². The maximum Gasteiger partial charge on any atom is 0.109 e. The highest BCUT2D eigenvalue weighted by atomic mass is 16.5.